The predicted molar refractivity (Wildman–Crippen MR) is 100 cm³/mol. The number of carbonyl (C=O) groups excluding carboxylic acids is 1. The molecule has 3 heterocycles. The normalized spacial score (nSPS) is 14.3. The first-order chi connectivity index (χ1) is 13.6. The minimum Gasteiger partial charge on any atom is -0.339 e. The maximum absolute atomic E-state index is 13.8. The van der Waals surface area contributed by atoms with E-state index in [1.54, 1.807) is 34.0 Å². The van der Waals surface area contributed by atoms with Gasteiger partial charge < -0.3 is 14.8 Å². The minimum atomic E-state index is -0.622. The standard InChI is InChI=1S/C20H19F2N5O/c21-16-3-1-14(2-4-16)19-20(15-5-6-24-17(22)11-15)27(13-25-19)12-18(28)26-9-7-23-8-10-26/h1-6,11,13,23H,7-10,12H2. The van der Waals surface area contributed by atoms with Gasteiger partial charge in [0.15, 0.2) is 0 Å². The summed E-state index contributed by atoms with van der Waals surface area (Å²) in [7, 11) is 0. The maximum Gasteiger partial charge on any atom is 0.242 e. The van der Waals surface area contributed by atoms with Crippen LogP contribution in [0.2, 0.25) is 0 Å². The summed E-state index contributed by atoms with van der Waals surface area (Å²) in [6, 6.07) is 8.88. The Morgan fingerprint density at radius 2 is 1.79 bits per heavy atom. The van der Waals surface area contributed by atoms with Gasteiger partial charge >= 0.3 is 0 Å². The molecule has 0 saturated carbocycles. The molecular formula is C20H19F2N5O. The van der Waals surface area contributed by atoms with Crippen molar-refractivity contribution >= 4 is 5.91 Å². The number of nitrogens with zero attached hydrogens (tertiary/aromatic N) is 4. The van der Waals surface area contributed by atoms with Crippen molar-refractivity contribution in [1.82, 2.24) is 24.8 Å². The molecule has 0 unspecified atom stereocenters. The molecule has 0 spiro atoms. The van der Waals surface area contributed by atoms with Gasteiger partial charge in [0.25, 0.3) is 0 Å². The van der Waals surface area contributed by atoms with Crippen LogP contribution in [0.4, 0.5) is 8.78 Å². The average molecular weight is 383 g/mol. The highest BCUT2D eigenvalue weighted by Gasteiger charge is 2.21. The van der Waals surface area contributed by atoms with E-state index in [1.165, 1.54) is 24.4 Å². The van der Waals surface area contributed by atoms with Crippen LogP contribution in [0.1, 0.15) is 0 Å². The number of pyridine rings is 1. The molecule has 0 atom stereocenters. The zero-order valence-corrected chi connectivity index (χ0v) is 15.1. The van der Waals surface area contributed by atoms with Gasteiger partial charge in [-0.3, -0.25) is 4.79 Å². The van der Waals surface area contributed by atoms with Gasteiger partial charge in [0.2, 0.25) is 11.9 Å². The van der Waals surface area contributed by atoms with Crippen molar-refractivity contribution in [2.45, 2.75) is 6.54 Å². The highest BCUT2D eigenvalue weighted by molar-refractivity contribution is 5.81. The van der Waals surface area contributed by atoms with Gasteiger partial charge in [0.1, 0.15) is 12.4 Å². The fourth-order valence-electron chi connectivity index (χ4n) is 3.33. The molecule has 1 saturated heterocycles. The van der Waals surface area contributed by atoms with E-state index in [0.29, 0.717) is 35.6 Å². The number of amides is 1. The van der Waals surface area contributed by atoms with Crippen LogP contribution < -0.4 is 5.32 Å². The van der Waals surface area contributed by atoms with Crippen molar-refractivity contribution < 1.29 is 13.6 Å². The number of nitrogens with one attached hydrogen (secondary N) is 1. The van der Waals surface area contributed by atoms with Gasteiger partial charge in [-0.1, -0.05) is 0 Å². The lowest BCUT2D eigenvalue weighted by molar-refractivity contribution is -0.132. The second-order valence-corrected chi connectivity index (χ2v) is 6.57. The summed E-state index contributed by atoms with van der Waals surface area (Å²) < 4.78 is 28.8. The van der Waals surface area contributed by atoms with Gasteiger partial charge in [-0.15, -0.1) is 0 Å². The molecule has 1 aliphatic heterocycles. The molecular weight excluding hydrogens is 364 g/mol. The van der Waals surface area contributed by atoms with Gasteiger partial charge in [-0.05, 0) is 30.3 Å². The Balaban J connectivity index is 1.73. The number of halogens is 2. The highest BCUT2D eigenvalue weighted by Crippen LogP contribution is 2.31. The molecule has 28 heavy (non-hydrogen) atoms. The van der Waals surface area contributed by atoms with E-state index < -0.39 is 5.95 Å². The Bertz CT molecular complexity index is 981. The topological polar surface area (TPSA) is 63.1 Å². The molecule has 0 aliphatic carbocycles. The summed E-state index contributed by atoms with van der Waals surface area (Å²) in [5.41, 5.74) is 2.38. The van der Waals surface area contributed by atoms with Crippen molar-refractivity contribution in [3.05, 3.63) is 60.7 Å². The van der Waals surface area contributed by atoms with Crippen LogP contribution in [0, 0.1) is 11.8 Å². The number of benzene rings is 1. The maximum atomic E-state index is 13.8. The highest BCUT2D eigenvalue weighted by atomic mass is 19.1. The summed E-state index contributed by atoms with van der Waals surface area (Å²) >= 11 is 0. The Morgan fingerprint density at radius 3 is 2.50 bits per heavy atom. The summed E-state index contributed by atoms with van der Waals surface area (Å²) in [6.07, 6.45) is 2.93. The number of hydrogen-bond donors (Lipinski definition) is 1. The molecule has 1 fully saturated rings. The largest absolute Gasteiger partial charge is 0.339 e. The van der Waals surface area contributed by atoms with Crippen molar-refractivity contribution in [3.8, 4) is 22.5 Å². The molecule has 3 aromatic rings. The first kappa shape index (κ1) is 18.2. The van der Waals surface area contributed by atoms with E-state index in [-0.39, 0.29) is 18.3 Å². The first-order valence-corrected chi connectivity index (χ1v) is 9.03. The van der Waals surface area contributed by atoms with Crippen LogP contribution in [0.25, 0.3) is 22.5 Å². The van der Waals surface area contributed by atoms with Gasteiger partial charge in [-0.25, -0.2) is 14.4 Å². The number of hydrogen-bond acceptors (Lipinski definition) is 4. The minimum absolute atomic E-state index is 0.0275. The summed E-state index contributed by atoms with van der Waals surface area (Å²) in [4.78, 5) is 22.6. The monoisotopic (exact) mass is 383 g/mol. The molecule has 1 amide bonds. The third-order valence-electron chi connectivity index (χ3n) is 4.73. The number of imidazole rings is 1. The molecule has 4 rings (SSSR count). The van der Waals surface area contributed by atoms with E-state index in [2.05, 4.69) is 15.3 Å². The van der Waals surface area contributed by atoms with E-state index in [0.717, 1.165) is 13.1 Å². The fourth-order valence-corrected chi connectivity index (χ4v) is 3.33. The Morgan fingerprint density at radius 1 is 1.04 bits per heavy atom. The molecule has 0 bridgehead atoms. The molecule has 6 nitrogen and oxygen atoms in total. The van der Waals surface area contributed by atoms with Crippen molar-refractivity contribution in [2.75, 3.05) is 26.2 Å². The Labute approximate surface area is 160 Å². The molecule has 1 aliphatic rings. The summed E-state index contributed by atoms with van der Waals surface area (Å²) in [5.74, 6) is -1.00. The van der Waals surface area contributed by atoms with Crippen LogP contribution in [-0.2, 0) is 11.3 Å². The molecule has 1 aromatic carbocycles. The second kappa shape index (κ2) is 7.85. The molecule has 144 valence electrons. The van der Waals surface area contributed by atoms with Crippen LogP contribution in [-0.4, -0.2) is 51.5 Å². The van der Waals surface area contributed by atoms with E-state index in [4.69, 9.17) is 0 Å². The first-order valence-electron chi connectivity index (χ1n) is 9.03. The Hall–Kier alpha value is -3.13. The summed E-state index contributed by atoms with van der Waals surface area (Å²) in [5, 5.41) is 3.21. The van der Waals surface area contributed by atoms with Crippen LogP contribution in [0.5, 0.6) is 0 Å². The van der Waals surface area contributed by atoms with Crippen LogP contribution >= 0.6 is 0 Å². The molecule has 2 aromatic heterocycles. The third-order valence-corrected chi connectivity index (χ3v) is 4.73. The smallest absolute Gasteiger partial charge is 0.242 e. The lowest BCUT2D eigenvalue weighted by atomic mass is 10.1. The van der Waals surface area contributed by atoms with Crippen molar-refractivity contribution in [2.24, 2.45) is 0 Å². The van der Waals surface area contributed by atoms with Gasteiger partial charge in [0.05, 0.1) is 17.7 Å². The molecule has 8 heteroatoms. The van der Waals surface area contributed by atoms with Gasteiger partial charge in [0, 0.05) is 49.6 Å². The predicted octanol–water partition coefficient (Wildman–Crippen LogP) is 2.32. The molecule has 0 radical (unpaired) electrons. The van der Waals surface area contributed by atoms with E-state index >= 15 is 0 Å². The zero-order chi connectivity index (χ0) is 19.5. The third kappa shape index (κ3) is 3.77. The SMILES string of the molecule is O=C(Cn1cnc(-c2ccc(F)cc2)c1-c1ccnc(F)c1)N1CCNCC1. The Kier molecular flexibility index (Phi) is 5.12. The number of piperazine rings is 1. The van der Waals surface area contributed by atoms with E-state index in [9.17, 15) is 13.6 Å². The lowest BCUT2D eigenvalue weighted by Crippen LogP contribution is -2.47. The van der Waals surface area contributed by atoms with E-state index in [1.807, 2.05) is 0 Å². The second-order valence-electron chi connectivity index (χ2n) is 6.57. The molecule has 1 N–H and O–H groups in total. The van der Waals surface area contributed by atoms with Gasteiger partial charge in [-0.2, -0.15) is 4.39 Å². The lowest BCUT2D eigenvalue weighted by Gasteiger charge is -2.27. The van der Waals surface area contributed by atoms with Crippen molar-refractivity contribution in [1.29, 1.82) is 0 Å². The zero-order valence-electron chi connectivity index (χ0n) is 15.1. The number of aromatic nitrogens is 3. The average Bonchev–Trinajstić information content (AvgIpc) is 3.12. The number of rotatable bonds is 4. The number of carbonyl (C=O) groups is 1. The fraction of sp³-hybridized carbons (Fsp3) is 0.250. The van der Waals surface area contributed by atoms with Crippen molar-refractivity contribution in [3.63, 3.8) is 0 Å². The quantitative estimate of drug-likeness (QED) is 0.703. The van der Waals surface area contributed by atoms with Crippen LogP contribution in [0.3, 0.4) is 0 Å². The summed E-state index contributed by atoms with van der Waals surface area (Å²) in [6.45, 7) is 2.92. The van der Waals surface area contributed by atoms with Crippen LogP contribution in [0.15, 0.2) is 48.9 Å².